The molecule has 0 N–H and O–H groups in total. The Bertz CT molecular complexity index is 649. The molecule has 0 fully saturated rings. The highest BCUT2D eigenvalue weighted by atomic mass is 32.1. The van der Waals surface area contributed by atoms with Gasteiger partial charge in [-0.05, 0) is 34.2 Å². The van der Waals surface area contributed by atoms with E-state index in [-0.39, 0.29) is 0 Å². The maximum absolute atomic E-state index is 2.25. The van der Waals surface area contributed by atoms with Gasteiger partial charge in [-0.25, -0.2) is 0 Å². The van der Waals surface area contributed by atoms with Crippen LogP contribution in [0.5, 0.6) is 0 Å². The smallest absolute Gasteiger partial charge is 0.0348 e. The molecule has 3 aromatic rings. The lowest BCUT2D eigenvalue weighted by Crippen LogP contribution is -1.84. The number of hydrogen-bond acceptors (Lipinski definition) is 1. The normalized spacial score (nSPS) is 11.5. The summed E-state index contributed by atoms with van der Waals surface area (Å²) >= 11 is 1.78. The zero-order valence-corrected chi connectivity index (χ0v) is 11.3. The predicted molar refractivity (Wildman–Crippen MR) is 84.2 cm³/mol. The van der Waals surface area contributed by atoms with Gasteiger partial charge in [0.05, 0.1) is 0 Å². The second-order valence-corrected chi connectivity index (χ2v) is 5.26. The minimum Gasteiger partial charge on any atom is -0.144 e. The summed E-state index contributed by atoms with van der Waals surface area (Å²) in [6, 6.07) is 25.3. The molecular weight excluding hydrogens is 248 g/mol. The molecule has 0 aliphatic carbocycles. The highest BCUT2D eigenvalue weighted by Gasteiger charge is 2.05. The van der Waals surface area contributed by atoms with E-state index in [9.17, 15) is 0 Å². The van der Waals surface area contributed by atoms with Crippen LogP contribution in [0.15, 0.2) is 78.2 Å². The lowest BCUT2D eigenvalue weighted by Gasteiger charge is -2.06. The first-order chi connectivity index (χ1) is 9.43. The molecule has 0 radical (unpaired) electrons. The Balaban J connectivity index is 2.10. The van der Waals surface area contributed by atoms with Crippen molar-refractivity contribution in [2.45, 2.75) is 0 Å². The van der Waals surface area contributed by atoms with E-state index in [0.717, 1.165) is 0 Å². The summed E-state index contributed by atoms with van der Waals surface area (Å²) in [5, 5.41) is 2.12. The minimum atomic E-state index is 1.23. The second-order valence-electron chi connectivity index (χ2n) is 4.31. The van der Waals surface area contributed by atoms with E-state index in [1.165, 1.54) is 21.6 Å². The van der Waals surface area contributed by atoms with Crippen LogP contribution in [-0.4, -0.2) is 0 Å². The van der Waals surface area contributed by atoms with E-state index in [0.29, 0.717) is 0 Å². The molecule has 0 saturated carbocycles. The van der Waals surface area contributed by atoms with Gasteiger partial charge < -0.3 is 0 Å². The molecule has 0 amide bonds. The van der Waals surface area contributed by atoms with Crippen LogP contribution in [0.25, 0.3) is 11.6 Å². The highest BCUT2D eigenvalue weighted by Crippen LogP contribution is 2.29. The number of thiophene rings is 1. The van der Waals surface area contributed by atoms with Gasteiger partial charge in [-0.2, -0.15) is 0 Å². The monoisotopic (exact) mass is 262 g/mol. The Labute approximate surface area is 117 Å². The van der Waals surface area contributed by atoms with Gasteiger partial charge in [-0.15, -0.1) is 11.3 Å². The lowest BCUT2D eigenvalue weighted by molar-refractivity contribution is 1.60. The Kier molecular flexibility index (Phi) is 3.57. The van der Waals surface area contributed by atoms with Crippen molar-refractivity contribution in [1.29, 1.82) is 0 Å². The standard InChI is InChI=1S/C18H14S/c1-3-8-15(9-4-1)14-17(18-12-7-13-19-18)16-10-5-2-6-11-16/h1-14H/b17-14+. The molecule has 0 aliphatic rings. The molecule has 2 aromatic carbocycles. The Morgan fingerprint density at radius 1 is 0.737 bits per heavy atom. The molecule has 0 nitrogen and oxygen atoms in total. The molecular formula is C18H14S. The van der Waals surface area contributed by atoms with Gasteiger partial charge in [0.1, 0.15) is 0 Å². The van der Waals surface area contributed by atoms with Gasteiger partial charge in [-0.1, -0.05) is 66.7 Å². The fourth-order valence-electron chi connectivity index (χ4n) is 2.06. The minimum absolute atomic E-state index is 1.23. The van der Waals surface area contributed by atoms with Crippen LogP contribution in [0, 0.1) is 0 Å². The molecule has 0 atom stereocenters. The molecule has 1 heteroatoms. The van der Waals surface area contributed by atoms with Gasteiger partial charge in [0.25, 0.3) is 0 Å². The quantitative estimate of drug-likeness (QED) is 0.559. The summed E-state index contributed by atoms with van der Waals surface area (Å²) in [5.41, 5.74) is 3.77. The predicted octanol–water partition coefficient (Wildman–Crippen LogP) is 5.34. The Hall–Kier alpha value is -2.12. The fraction of sp³-hybridized carbons (Fsp3) is 0. The number of hydrogen-bond donors (Lipinski definition) is 0. The van der Waals surface area contributed by atoms with Crippen molar-refractivity contribution in [3.8, 4) is 0 Å². The van der Waals surface area contributed by atoms with Crippen LogP contribution in [0.4, 0.5) is 0 Å². The van der Waals surface area contributed by atoms with Gasteiger partial charge in [0.15, 0.2) is 0 Å². The molecule has 19 heavy (non-hydrogen) atoms. The van der Waals surface area contributed by atoms with Crippen molar-refractivity contribution in [2.24, 2.45) is 0 Å². The lowest BCUT2D eigenvalue weighted by atomic mass is 10.0. The molecule has 0 unspecified atom stereocenters. The SMILES string of the molecule is C(=C(/c1ccccc1)c1cccs1)/c1ccccc1. The van der Waals surface area contributed by atoms with Crippen LogP contribution < -0.4 is 0 Å². The number of benzene rings is 2. The topological polar surface area (TPSA) is 0 Å². The van der Waals surface area contributed by atoms with Gasteiger partial charge in [-0.3, -0.25) is 0 Å². The van der Waals surface area contributed by atoms with E-state index in [1.54, 1.807) is 11.3 Å². The molecule has 1 aromatic heterocycles. The van der Waals surface area contributed by atoms with Crippen molar-refractivity contribution in [1.82, 2.24) is 0 Å². The third-order valence-corrected chi connectivity index (χ3v) is 3.89. The average molecular weight is 262 g/mol. The van der Waals surface area contributed by atoms with E-state index in [1.807, 2.05) is 6.07 Å². The first kappa shape index (κ1) is 11.9. The Morgan fingerprint density at radius 3 is 2.05 bits per heavy atom. The first-order valence-electron chi connectivity index (χ1n) is 6.29. The second kappa shape index (κ2) is 5.68. The van der Waals surface area contributed by atoms with Crippen LogP contribution >= 0.6 is 11.3 Å². The summed E-state index contributed by atoms with van der Waals surface area (Å²) in [6.45, 7) is 0. The van der Waals surface area contributed by atoms with Crippen LogP contribution in [0.2, 0.25) is 0 Å². The van der Waals surface area contributed by atoms with E-state index >= 15 is 0 Å². The van der Waals surface area contributed by atoms with E-state index < -0.39 is 0 Å². The molecule has 3 rings (SSSR count). The largest absolute Gasteiger partial charge is 0.144 e. The zero-order valence-electron chi connectivity index (χ0n) is 10.5. The Morgan fingerprint density at radius 2 is 1.42 bits per heavy atom. The zero-order chi connectivity index (χ0) is 12.9. The van der Waals surface area contributed by atoms with E-state index in [4.69, 9.17) is 0 Å². The molecule has 0 saturated heterocycles. The van der Waals surface area contributed by atoms with Crippen molar-refractivity contribution in [2.75, 3.05) is 0 Å². The van der Waals surface area contributed by atoms with Gasteiger partial charge in [0, 0.05) is 4.88 Å². The first-order valence-corrected chi connectivity index (χ1v) is 7.17. The summed E-state index contributed by atoms with van der Waals surface area (Å²) in [6.07, 6.45) is 2.25. The third kappa shape index (κ3) is 2.83. The number of rotatable bonds is 3. The highest BCUT2D eigenvalue weighted by molar-refractivity contribution is 7.11. The third-order valence-electron chi connectivity index (χ3n) is 2.98. The summed E-state index contributed by atoms with van der Waals surface area (Å²) < 4.78 is 0. The van der Waals surface area contributed by atoms with Gasteiger partial charge >= 0.3 is 0 Å². The fourth-order valence-corrected chi connectivity index (χ4v) is 2.83. The van der Waals surface area contributed by atoms with Crippen LogP contribution in [0.1, 0.15) is 16.0 Å². The van der Waals surface area contributed by atoms with Crippen molar-refractivity contribution in [3.63, 3.8) is 0 Å². The van der Waals surface area contributed by atoms with Crippen molar-refractivity contribution in [3.05, 3.63) is 94.2 Å². The molecule has 0 spiro atoms. The van der Waals surface area contributed by atoms with Gasteiger partial charge in [0.2, 0.25) is 0 Å². The molecule has 92 valence electrons. The molecule has 0 bridgehead atoms. The average Bonchev–Trinajstić information content (AvgIpc) is 3.01. The van der Waals surface area contributed by atoms with Crippen LogP contribution in [0.3, 0.4) is 0 Å². The van der Waals surface area contributed by atoms with Crippen molar-refractivity contribution >= 4 is 23.0 Å². The summed E-state index contributed by atoms with van der Waals surface area (Å²) in [7, 11) is 0. The summed E-state index contributed by atoms with van der Waals surface area (Å²) in [5.74, 6) is 0. The summed E-state index contributed by atoms with van der Waals surface area (Å²) in [4.78, 5) is 1.30. The molecule has 0 aliphatic heterocycles. The molecule has 1 heterocycles. The van der Waals surface area contributed by atoms with Crippen molar-refractivity contribution < 1.29 is 0 Å². The van der Waals surface area contributed by atoms with E-state index in [2.05, 4.69) is 78.2 Å². The van der Waals surface area contributed by atoms with Crippen LogP contribution in [-0.2, 0) is 0 Å². The maximum atomic E-state index is 2.25. The maximum Gasteiger partial charge on any atom is 0.0348 e.